The molecule has 1 saturated heterocycles. The van der Waals surface area contributed by atoms with Crippen LogP contribution < -0.4 is 0 Å². The van der Waals surface area contributed by atoms with E-state index < -0.39 is 0 Å². The summed E-state index contributed by atoms with van der Waals surface area (Å²) in [7, 11) is 0. The van der Waals surface area contributed by atoms with Gasteiger partial charge in [-0.05, 0) is 38.1 Å². The van der Waals surface area contributed by atoms with Gasteiger partial charge in [0.2, 0.25) is 0 Å². The van der Waals surface area contributed by atoms with Gasteiger partial charge in [0.25, 0.3) is 5.91 Å². The summed E-state index contributed by atoms with van der Waals surface area (Å²) in [5, 5.41) is 13.5. The molecule has 0 radical (unpaired) electrons. The van der Waals surface area contributed by atoms with Gasteiger partial charge in [-0.1, -0.05) is 12.1 Å². The van der Waals surface area contributed by atoms with Gasteiger partial charge in [0.15, 0.2) is 0 Å². The molecule has 0 spiro atoms. The van der Waals surface area contributed by atoms with Crippen molar-refractivity contribution in [2.75, 3.05) is 19.8 Å². The van der Waals surface area contributed by atoms with Gasteiger partial charge in [0.1, 0.15) is 23.3 Å². The zero-order valence-electron chi connectivity index (χ0n) is 16.7. The lowest BCUT2D eigenvalue weighted by Crippen LogP contribution is -2.44. The highest BCUT2D eigenvalue weighted by Crippen LogP contribution is 2.32. The lowest BCUT2D eigenvalue weighted by molar-refractivity contribution is -0.00334. The summed E-state index contributed by atoms with van der Waals surface area (Å²) >= 11 is 0. The number of rotatable bonds is 3. The first kappa shape index (κ1) is 19.7. The molecule has 0 N–H and O–H groups in total. The second-order valence-electron chi connectivity index (χ2n) is 7.08. The molecule has 2 aromatic heterocycles. The Labute approximate surface area is 173 Å². The lowest BCUT2D eigenvalue weighted by atomic mass is 10.0. The zero-order chi connectivity index (χ0) is 21.3. The minimum absolute atomic E-state index is 0.245. The third-order valence-electron chi connectivity index (χ3n) is 5.26. The molecule has 7 nitrogen and oxygen atoms in total. The van der Waals surface area contributed by atoms with Gasteiger partial charge in [0, 0.05) is 24.0 Å². The predicted octanol–water partition coefficient (Wildman–Crippen LogP) is 3.11. The second kappa shape index (κ2) is 8.05. The first-order valence-electron chi connectivity index (χ1n) is 9.57. The Morgan fingerprint density at radius 2 is 2.07 bits per heavy atom. The Kier molecular flexibility index (Phi) is 5.29. The number of benzene rings is 1. The molecule has 1 atom stereocenters. The Hall–Kier alpha value is -3.57. The van der Waals surface area contributed by atoms with Crippen LogP contribution in [0.15, 0.2) is 42.6 Å². The van der Waals surface area contributed by atoms with E-state index in [1.165, 1.54) is 12.3 Å². The van der Waals surface area contributed by atoms with Crippen molar-refractivity contribution in [2.45, 2.75) is 19.9 Å². The van der Waals surface area contributed by atoms with Crippen LogP contribution in [0, 0.1) is 31.0 Å². The number of pyridine rings is 1. The van der Waals surface area contributed by atoms with Crippen LogP contribution in [0.1, 0.15) is 39.0 Å². The molecular weight excluding hydrogens is 385 g/mol. The van der Waals surface area contributed by atoms with Crippen LogP contribution >= 0.6 is 0 Å². The van der Waals surface area contributed by atoms with E-state index in [0.29, 0.717) is 36.7 Å². The van der Waals surface area contributed by atoms with Gasteiger partial charge in [-0.15, -0.1) is 0 Å². The van der Waals surface area contributed by atoms with Crippen LogP contribution in [-0.2, 0) is 4.74 Å². The monoisotopic (exact) mass is 405 g/mol. The molecule has 1 unspecified atom stereocenters. The Balaban J connectivity index is 1.72. The van der Waals surface area contributed by atoms with Crippen molar-refractivity contribution < 1.29 is 13.9 Å². The molecule has 3 heterocycles. The van der Waals surface area contributed by atoms with E-state index in [1.807, 2.05) is 19.9 Å². The fraction of sp³-hybridized carbons (Fsp3) is 0.273. The highest BCUT2D eigenvalue weighted by Gasteiger charge is 2.34. The minimum Gasteiger partial charge on any atom is -0.377 e. The molecule has 8 heteroatoms. The van der Waals surface area contributed by atoms with E-state index in [1.54, 1.807) is 39.9 Å². The van der Waals surface area contributed by atoms with Crippen molar-refractivity contribution in [1.82, 2.24) is 19.7 Å². The predicted molar refractivity (Wildman–Crippen MR) is 107 cm³/mol. The standard InChI is InChI=1S/C22H20FN5O2/c1-14-21(15(2)28(26-14)19-6-4-3-5-17(19)23)20-13-30-10-9-27(20)22(29)18-8-7-16(11-24)12-25-18/h3-8,12,20H,9-10,13H2,1-2H3. The number of amides is 1. The summed E-state index contributed by atoms with van der Waals surface area (Å²) in [5.41, 5.74) is 3.30. The van der Waals surface area contributed by atoms with E-state index in [2.05, 4.69) is 10.1 Å². The van der Waals surface area contributed by atoms with E-state index in [-0.39, 0.29) is 23.5 Å². The molecule has 1 fully saturated rings. The average Bonchev–Trinajstić information content (AvgIpc) is 3.07. The second-order valence-corrected chi connectivity index (χ2v) is 7.08. The molecule has 1 aromatic carbocycles. The number of carbonyl (C=O) groups is 1. The van der Waals surface area contributed by atoms with E-state index in [9.17, 15) is 9.18 Å². The summed E-state index contributed by atoms with van der Waals surface area (Å²) in [6, 6.07) is 11.2. The average molecular weight is 405 g/mol. The minimum atomic E-state index is -0.371. The molecule has 0 saturated carbocycles. The number of aryl methyl sites for hydroxylation is 1. The number of halogens is 1. The summed E-state index contributed by atoms with van der Waals surface area (Å²) in [4.78, 5) is 19.0. The van der Waals surface area contributed by atoms with Crippen molar-refractivity contribution in [3.63, 3.8) is 0 Å². The number of carbonyl (C=O) groups excluding carboxylic acids is 1. The van der Waals surface area contributed by atoms with Crippen LogP contribution in [0.3, 0.4) is 0 Å². The maximum Gasteiger partial charge on any atom is 0.273 e. The topological polar surface area (TPSA) is 84.0 Å². The molecule has 0 aliphatic carbocycles. The molecule has 1 aliphatic rings. The highest BCUT2D eigenvalue weighted by atomic mass is 19.1. The lowest BCUT2D eigenvalue weighted by Gasteiger charge is -2.35. The summed E-state index contributed by atoms with van der Waals surface area (Å²) in [6.07, 6.45) is 1.38. The fourth-order valence-electron chi connectivity index (χ4n) is 3.81. The number of hydrogen-bond donors (Lipinski definition) is 0. The summed E-state index contributed by atoms with van der Waals surface area (Å²) in [6.45, 7) is 4.83. The first-order chi connectivity index (χ1) is 14.5. The van der Waals surface area contributed by atoms with Crippen molar-refractivity contribution >= 4 is 5.91 Å². The van der Waals surface area contributed by atoms with E-state index in [0.717, 1.165) is 11.3 Å². The maximum atomic E-state index is 14.3. The van der Waals surface area contributed by atoms with Crippen LogP contribution in [-0.4, -0.2) is 45.3 Å². The van der Waals surface area contributed by atoms with Crippen LogP contribution in [0.4, 0.5) is 4.39 Å². The van der Waals surface area contributed by atoms with Gasteiger partial charge in [-0.25, -0.2) is 14.1 Å². The van der Waals surface area contributed by atoms with Crippen molar-refractivity contribution in [1.29, 1.82) is 5.26 Å². The normalized spacial score (nSPS) is 16.3. The summed E-state index contributed by atoms with van der Waals surface area (Å²) < 4.78 is 21.6. The molecule has 152 valence electrons. The van der Waals surface area contributed by atoms with Crippen molar-refractivity contribution in [2.24, 2.45) is 0 Å². The maximum absolute atomic E-state index is 14.3. The van der Waals surface area contributed by atoms with Crippen LogP contribution in [0.2, 0.25) is 0 Å². The molecule has 4 rings (SSSR count). The Morgan fingerprint density at radius 1 is 1.27 bits per heavy atom. The fourth-order valence-corrected chi connectivity index (χ4v) is 3.81. The quantitative estimate of drug-likeness (QED) is 0.669. The third-order valence-corrected chi connectivity index (χ3v) is 5.26. The summed E-state index contributed by atoms with van der Waals surface area (Å²) in [5.74, 6) is -0.616. The zero-order valence-corrected chi connectivity index (χ0v) is 16.7. The molecule has 3 aromatic rings. The van der Waals surface area contributed by atoms with Gasteiger partial charge in [-0.3, -0.25) is 4.79 Å². The smallest absolute Gasteiger partial charge is 0.273 e. The number of hydrogen-bond acceptors (Lipinski definition) is 5. The number of morpholine rings is 1. The number of nitriles is 1. The Morgan fingerprint density at radius 3 is 2.77 bits per heavy atom. The van der Waals surface area contributed by atoms with E-state index >= 15 is 0 Å². The Bertz CT molecular complexity index is 1130. The number of nitrogens with zero attached hydrogens (tertiary/aromatic N) is 5. The molecular formula is C22H20FN5O2. The van der Waals surface area contributed by atoms with Crippen LogP contribution in [0.25, 0.3) is 5.69 Å². The first-order valence-corrected chi connectivity index (χ1v) is 9.57. The van der Waals surface area contributed by atoms with Gasteiger partial charge in [-0.2, -0.15) is 10.4 Å². The van der Waals surface area contributed by atoms with Crippen molar-refractivity contribution in [3.05, 3.63) is 76.6 Å². The molecule has 1 amide bonds. The van der Waals surface area contributed by atoms with Crippen molar-refractivity contribution in [3.8, 4) is 11.8 Å². The molecule has 0 bridgehead atoms. The number of aromatic nitrogens is 3. The van der Waals surface area contributed by atoms with Gasteiger partial charge >= 0.3 is 0 Å². The van der Waals surface area contributed by atoms with E-state index in [4.69, 9.17) is 10.00 Å². The molecule has 30 heavy (non-hydrogen) atoms. The van der Waals surface area contributed by atoms with Gasteiger partial charge < -0.3 is 9.64 Å². The number of ether oxygens (including phenoxy) is 1. The largest absolute Gasteiger partial charge is 0.377 e. The number of para-hydroxylation sites is 1. The third kappa shape index (κ3) is 3.44. The highest BCUT2D eigenvalue weighted by molar-refractivity contribution is 5.92. The SMILES string of the molecule is Cc1nn(-c2ccccc2F)c(C)c1C1COCCN1C(=O)c1ccc(C#N)cn1. The molecule has 1 aliphatic heterocycles. The van der Waals surface area contributed by atoms with Gasteiger partial charge in [0.05, 0.1) is 30.5 Å². The van der Waals surface area contributed by atoms with Crippen LogP contribution in [0.5, 0.6) is 0 Å².